The van der Waals surface area contributed by atoms with Gasteiger partial charge in [-0.1, -0.05) is 23.7 Å². The maximum Gasteiger partial charge on any atom is 0.275 e. The summed E-state index contributed by atoms with van der Waals surface area (Å²) in [5.41, 5.74) is 1.44. The molecule has 140 valence electrons. The Morgan fingerprint density at radius 2 is 1.96 bits per heavy atom. The van der Waals surface area contributed by atoms with Crippen molar-refractivity contribution in [3.8, 4) is 5.69 Å². The van der Waals surface area contributed by atoms with E-state index in [1.807, 2.05) is 12.1 Å². The molecule has 0 unspecified atom stereocenters. The number of hydrogen-bond acceptors (Lipinski definition) is 5. The molecule has 0 saturated carbocycles. The van der Waals surface area contributed by atoms with Crippen LogP contribution in [-0.4, -0.2) is 23.1 Å². The van der Waals surface area contributed by atoms with Crippen LogP contribution in [0.3, 0.4) is 0 Å². The van der Waals surface area contributed by atoms with E-state index >= 15 is 0 Å². The van der Waals surface area contributed by atoms with Gasteiger partial charge in [0.1, 0.15) is 0 Å². The van der Waals surface area contributed by atoms with Gasteiger partial charge in [-0.05, 0) is 36.8 Å². The summed E-state index contributed by atoms with van der Waals surface area (Å²) in [5.74, 6) is 0. The first kappa shape index (κ1) is 19.0. The van der Waals surface area contributed by atoms with Crippen LogP contribution in [0.4, 0.5) is 5.69 Å². The number of nitrogens with zero attached hydrogens (tertiary/aromatic N) is 3. The highest BCUT2D eigenvalue weighted by Crippen LogP contribution is 2.29. The van der Waals surface area contributed by atoms with Gasteiger partial charge in [-0.2, -0.15) is 5.10 Å². The van der Waals surface area contributed by atoms with Gasteiger partial charge in [0.2, 0.25) is 10.0 Å². The molecule has 0 amide bonds. The van der Waals surface area contributed by atoms with Crippen LogP contribution in [0.1, 0.15) is 11.1 Å². The van der Waals surface area contributed by atoms with E-state index in [1.54, 1.807) is 35.3 Å². The first-order valence-electron chi connectivity index (χ1n) is 7.81. The Bertz CT molecular complexity index is 1080. The predicted molar refractivity (Wildman–Crippen MR) is 100 cm³/mol. The third-order valence-electron chi connectivity index (χ3n) is 3.97. The number of rotatable bonds is 6. The van der Waals surface area contributed by atoms with Gasteiger partial charge >= 0.3 is 0 Å². The summed E-state index contributed by atoms with van der Waals surface area (Å²) in [5, 5.41) is 15.2. The zero-order valence-electron chi connectivity index (χ0n) is 14.2. The van der Waals surface area contributed by atoms with Crippen LogP contribution in [0.15, 0.2) is 59.8 Å². The van der Waals surface area contributed by atoms with Gasteiger partial charge in [0.15, 0.2) is 0 Å². The molecule has 0 radical (unpaired) electrons. The quantitative estimate of drug-likeness (QED) is 0.499. The zero-order valence-corrected chi connectivity index (χ0v) is 15.7. The summed E-state index contributed by atoms with van der Waals surface area (Å²) < 4.78 is 29.1. The number of benzene rings is 2. The van der Waals surface area contributed by atoms with Gasteiger partial charge in [-0.25, -0.2) is 17.8 Å². The van der Waals surface area contributed by atoms with E-state index in [-0.39, 0.29) is 27.7 Å². The molecule has 0 saturated heterocycles. The van der Waals surface area contributed by atoms with E-state index in [0.717, 1.165) is 17.3 Å². The standard InChI is InChI=1S/C17H15ClN4O4S/c1-12-16(18)9-15(10-17(12)22(23)24)27(25,26)20-11-13-3-5-14(6-4-13)21-8-2-7-19-21/h2-10,20H,11H2,1H3. The van der Waals surface area contributed by atoms with Crippen molar-refractivity contribution in [2.45, 2.75) is 18.4 Å². The fourth-order valence-corrected chi connectivity index (χ4v) is 3.78. The SMILES string of the molecule is Cc1c(Cl)cc(S(=O)(=O)NCc2ccc(-n3cccn3)cc2)cc1[N+](=O)[O-]. The average Bonchev–Trinajstić information content (AvgIpc) is 3.17. The number of nitro groups is 1. The van der Waals surface area contributed by atoms with Gasteiger partial charge in [-0.15, -0.1) is 0 Å². The van der Waals surface area contributed by atoms with Gasteiger partial charge in [0.05, 0.1) is 20.5 Å². The smallest absolute Gasteiger partial charge is 0.258 e. The van der Waals surface area contributed by atoms with Crippen LogP contribution in [0.5, 0.6) is 0 Å². The fourth-order valence-electron chi connectivity index (χ4n) is 2.43. The Morgan fingerprint density at radius 3 is 2.56 bits per heavy atom. The topological polar surface area (TPSA) is 107 Å². The van der Waals surface area contributed by atoms with Crippen molar-refractivity contribution < 1.29 is 13.3 Å². The number of sulfonamides is 1. The minimum Gasteiger partial charge on any atom is -0.258 e. The molecule has 0 atom stereocenters. The molecule has 0 fully saturated rings. The molecule has 0 aliphatic rings. The van der Waals surface area contributed by atoms with Crippen molar-refractivity contribution in [3.63, 3.8) is 0 Å². The van der Waals surface area contributed by atoms with Crippen molar-refractivity contribution in [1.82, 2.24) is 14.5 Å². The first-order valence-corrected chi connectivity index (χ1v) is 9.67. The van der Waals surface area contributed by atoms with E-state index in [1.165, 1.54) is 13.0 Å². The van der Waals surface area contributed by atoms with Crippen molar-refractivity contribution in [2.75, 3.05) is 0 Å². The lowest BCUT2D eigenvalue weighted by atomic mass is 10.2. The molecule has 27 heavy (non-hydrogen) atoms. The normalized spacial score (nSPS) is 11.5. The van der Waals surface area contributed by atoms with Crippen molar-refractivity contribution in [3.05, 3.63) is 81.1 Å². The van der Waals surface area contributed by atoms with Crippen LogP contribution < -0.4 is 4.72 Å². The third-order valence-corrected chi connectivity index (χ3v) is 5.74. The van der Waals surface area contributed by atoms with Crippen molar-refractivity contribution in [1.29, 1.82) is 0 Å². The Morgan fingerprint density at radius 1 is 1.26 bits per heavy atom. The molecule has 10 heteroatoms. The summed E-state index contributed by atoms with van der Waals surface area (Å²) in [6.45, 7) is 1.49. The fraction of sp³-hybridized carbons (Fsp3) is 0.118. The lowest BCUT2D eigenvalue weighted by Crippen LogP contribution is -2.23. The maximum atomic E-state index is 12.5. The van der Waals surface area contributed by atoms with Gasteiger partial charge in [-0.3, -0.25) is 10.1 Å². The van der Waals surface area contributed by atoms with Gasteiger partial charge < -0.3 is 0 Å². The molecule has 1 heterocycles. The molecule has 1 N–H and O–H groups in total. The largest absolute Gasteiger partial charge is 0.275 e. The highest BCUT2D eigenvalue weighted by molar-refractivity contribution is 7.89. The summed E-state index contributed by atoms with van der Waals surface area (Å²) in [6, 6.07) is 11.2. The van der Waals surface area contributed by atoms with E-state index in [9.17, 15) is 18.5 Å². The summed E-state index contributed by atoms with van der Waals surface area (Å²) >= 11 is 5.95. The molecule has 3 aromatic rings. The Hall–Kier alpha value is -2.75. The van der Waals surface area contributed by atoms with Crippen LogP contribution >= 0.6 is 11.6 Å². The number of hydrogen-bond donors (Lipinski definition) is 1. The second-order valence-electron chi connectivity index (χ2n) is 5.75. The first-order chi connectivity index (χ1) is 12.8. The third kappa shape index (κ3) is 4.16. The Kier molecular flexibility index (Phi) is 5.26. The number of halogens is 1. The molecule has 0 bridgehead atoms. The van der Waals surface area contributed by atoms with Gasteiger partial charge in [0.25, 0.3) is 5.69 Å². The lowest BCUT2D eigenvalue weighted by molar-refractivity contribution is -0.385. The zero-order chi connectivity index (χ0) is 19.6. The van der Waals surface area contributed by atoms with Crippen molar-refractivity contribution >= 4 is 27.3 Å². The minimum absolute atomic E-state index is 0.0214. The van der Waals surface area contributed by atoms with Crippen molar-refractivity contribution in [2.24, 2.45) is 0 Å². The average molecular weight is 407 g/mol. The molecule has 0 aliphatic heterocycles. The molecular formula is C17H15ClN4O4S. The molecule has 8 nitrogen and oxygen atoms in total. The van der Waals surface area contributed by atoms with Gasteiger partial charge in [0, 0.05) is 30.6 Å². The molecule has 2 aromatic carbocycles. The highest BCUT2D eigenvalue weighted by Gasteiger charge is 2.22. The lowest BCUT2D eigenvalue weighted by Gasteiger charge is -2.09. The summed E-state index contributed by atoms with van der Waals surface area (Å²) in [6.07, 6.45) is 3.46. The van der Waals surface area contributed by atoms with E-state index in [0.29, 0.717) is 0 Å². The molecule has 1 aromatic heterocycles. The number of nitro benzene ring substituents is 1. The molecule has 0 aliphatic carbocycles. The number of aromatic nitrogens is 2. The van der Waals surface area contributed by atoms with E-state index in [4.69, 9.17) is 11.6 Å². The second-order valence-corrected chi connectivity index (χ2v) is 7.92. The summed E-state index contributed by atoms with van der Waals surface area (Å²) in [7, 11) is -3.96. The Balaban J connectivity index is 1.78. The predicted octanol–water partition coefficient (Wildman–Crippen LogP) is 3.22. The summed E-state index contributed by atoms with van der Waals surface area (Å²) in [4.78, 5) is 10.2. The van der Waals surface area contributed by atoms with Crippen LogP contribution in [0.2, 0.25) is 5.02 Å². The van der Waals surface area contributed by atoms with E-state index < -0.39 is 14.9 Å². The minimum atomic E-state index is -3.96. The molecule has 0 spiro atoms. The van der Waals surface area contributed by atoms with Crippen LogP contribution in [-0.2, 0) is 16.6 Å². The second kappa shape index (κ2) is 7.47. The highest BCUT2D eigenvalue weighted by atomic mass is 35.5. The number of nitrogens with one attached hydrogen (secondary N) is 1. The van der Waals surface area contributed by atoms with E-state index in [2.05, 4.69) is 9.82 Å². The molecule has 3 rings (SSSR count). The Labute approximate surface area is 160 Å². The van der Waals surface area contributed by atoms with Crippen LogP contribution in [0, 0.1) is 17.0 Å². The monoisotopic (exact) mass is 406 g/mol. The maximum absolute atomic E-state index is 12.5. The van der Waals surface area contributed by atoms with Crippen LogP contribution in [0.25, 0.3) is 5.69 Å². The molecular weight excluding hydrogens is 392 g/mol.